The van der Waals surface area contributed by atoms with Gasteiger partial charge in [-0.2, -0.15) is 16.8 Å². The lowest BCUT2D eigenvalue weighted by atomic mass is 10.2. The average molecular weight is 381 g/mol. The van der Waals surface area contributed by atoms with Gasteiger partial charge in [-0.3, -0.25) is 4.79 Å². The van der Waals surface area contributed by atoms with Crippen LogP contribution in [0.1, 0.15) is 10.4 Å². The summed E-state index contributed by atoms with van der Waals surface area (Å²) in [6.45, 7) is 0.734. The van der Waals surface area contributed by atoms with Crippen molar-refractivity contribution in [3.8, 4) is 0 Å². The van der Waals surface area contributed by atoms with E-state index in [1.807, 2.05) is 29.0 Å². The SMILES string of the molecule is CSCCn1c(=NC(=O)c2cccc(F)c2)sc2cc(Cl)ccc21. The van der Waals surface area contributed by atoms with Gasteiger partial charge in [-0.15, -0.1) is 0 Å². The number of thioether (sulfide) groups is 1. The Bertz CT molecular complexity index is 965. The summed E-state index contributed by atoms with van der Waals surface area (Å²) in [4.78, 5) is 17.2. The van der Waals surface area contributed by atoms with Gasteiger partial charge in [0.15, 0.2) is 4.80 Å². The van der Waals surface area contributed by atoms with Crippen LogP contribution in [-0.4, -0.2) is 22.5 Å². The molecule has 0 unspecified atom stereocenters. The summed E-state index contributed by atoms with van der Waals surface area (Å²) in [5.41, 5.74) is 1.23. The predicted molar refractivity (Wildman–Crippen MR) is 99.5 cm³/mol. The van der Waals surface area contributed by atoms with Crippen molar-refractivity contribution in [2.75, 3.05) is 12.0 Å². The lowest BCUT2D eigenvalue weighted by molar-refractivity contribution is 0.0997. The van der Waals surface area contributed by atoms with Gasteiger partial charge >= 0.3 is 0 Å². The minimum Gasteiger partial charge on any atom is -0.316 e. The number of carbonyl (C=O) groups excluding carboxylic acids is 1. The standard InChI is InChI=1S/C17H14ClFN2OS2/c1-23-8-7-21-14-6-5-12(18)10-15(14)24-17(21)20-16(22)11-3-2-4-13(19)9-11/h2-6,9-10H,7-8H2,1H3. The van der Waals surface area contributed by atoms with Crippen LogP contribution in [0.25, 0.3) is 10.2 Å². The number of halogens is 2. The fourth-order valence-corrected chi connectivity index (χ4v) is 4.00. The van der Waals surface area contributed by atoms with E-state index >= 15 is 0 Å². The second-order valence-corrected chi connectivity index (χ2v) is 7.50. The highest BCUT2D eigenvalue weighted by Gasteiger charge is 2.10. The molecule has 0 fully saturated rings. The first-order valence-corrected chi connectivity index (χ1v) is 9.80. The van der Waals surface area contributed by atoms with E-state index in [4.69, 9.17) is 11.6 Å². The number of nitrogens with zero attached hydrogens (tertiary/aromatic N) is 2. The third-order valence-corrected chi connectivity index (χ3v) is 5.30. The molecular weight excluding hydrogens is 367 g/mol. The van der Waals surface area contributed by atoms with Crippen molar-refractivity contribution in [2.45, 2.75) is 6.54 Å². The maximum Gasteiger partial charge on any atom is 0.279 e. The molecule has 0 aliphatic rings. The average Bonchev–Trinajstić information content (AvgIpc) is 2.89. The maximum atomic E-state index is 13.3. The van der Waals surface area contributed by atoms with E-state index in [0.29, 0.717) is 9.82 Å². The highest BCUT2D eigenvalue weighted by atomic mass is 35.5. The summed E-state index contributed by atoms with van der Waals surface area (Å²) in [5.74, 6) is -0.00464. The summed E-state index contributed by atoms with van der Waals surface area (Å²) in [6, 6.07) is 11.2. The molecular formula is C17H14ClFN2OS2. The molecule has 0 aliphatic heterocycles. The van der Waals surface area contributed by atoms with Gasteiger partial charge in [-0.25, -0.2) is 4.39 Å². The Balaban J connectivity index is 2.11. The van der Waals surface area contributed by atoms with Crippen molar-refractivity contribution in [3.63, 3.8) is 0 Å². The van der Waals surface area contributed by atoms with Gasteiger partial charge in [0.05, 0.1) is 10.2 Å². The molecule has 124 valence electrons. The molecule has 24 heavy (non-hydrogen) atoms. The fraction of sp³-hybridized carbons (Fsp3) is 0.176. The molecule has 3 nitrogen and oxygen atoms in total. The third kappa shape index (κ3) is 3.71. The predicted octanol–water partition coefficient (Wildman–Crippen LogP) is 4.60. The zero-order valence-corrected chi connectivity index (χ0v) is 15.2. The van der Waals surface area contributed by atoms with Crippen LogP contribution in [0, 0.1) is 5.82 Å². The molecule has 0 atom stereocenters. The summed E-state index contributed by atoms with van der Waals surface area (Å²) >= 11 is 9.18. The van der Waals surface area contributed by atoms with Crippen molar-refractivity contribution in [1.82, 2.24) is 4.57 Å². The van der Waals surface area contributed by atoms with Crippen molar-refractivity contribution in [1.29, 1.82) is 0 Å². The van der Waals surface area contributed by atoms with Crippen LogP contribution in [0.2, 0.25) is 5.02 Å². The molecule has 1 amide bonds. The topological polar surface area (TPSA) is 34.4 Å². The second kappa shape index (κ2) is 7.51. The number of thiazole rings is 1. The normalized spacial score (nSPS) is 12.0. The summed E-state index contributed by atoms with van der Waals surface area (Å²) in [7, 11) is 0. The number of hydrogen-bond acceptors (Lipinski definition) is 3. The monoisotopic (exact) mass is 380 g/mol. The number of rotatable bonds is 4. The van der Waals surface area contributed by atoms with Crippen molar-refractivity contribution < 1.29 is 9.18 Å². The number of aryl methyl sites for hydroxylation is 1. The molecule has 0 spiro atoms. The molecule has 0 N–H and O–H groups in total. The van der Waals surface area contributed by atoms with Crippen molar-refractivity contribution >= 4 is 50.8 Å². The minimum absolute atomic E-state index is 0.238. The summed E-state index contributed by atoms with van der Waals surface area (Å²) in [6.07, 6.45) is 2.03. The number of hydrogen-bond donors (Lipinski definition) is 0. The Kier molecular flexibility index (Phi) is 5.38. The number of benzene rings is 2. The van der Waals surface area contributed by atoms with Gasteiger partial charge in [0.2, 0.25) is 0 Å². The Morgan fingerprint density at radius 1 is 1.33 bits per heavy atom. The Labute approximate surface area is 151 Å². The minimum atomic E-state index is -0.454. The van der Waals surface area contributed by atoms with E-state index in [2.05, 4.69) is 4.99 Å². The van der Waals surface area contributed by atoms with Gasteiger partial charge in [-0.1, -0.05) is 29.0 Å². The van der Waals surface area contributed by atoms with Gasteiger partial charge in [-0.05, 0) is 42.7 Å². The molecule has 0 bridgehead atoms. The molecule has 1 heterocycles. The Morgan fingerprint density at radius 3 is 2.92 bits per heavy atom. The van der Waals surface area contributed by atoms with Crippen LogP contribution < -0.4 is 4.80 Å². The van der Waals surface area contributed by atoms with Gasteiger partial charge in [0.1, 0.15) is 5.82 Å². The summed E-state index contributed by atoms with van der Waals surface area (Å²) < 4.78 is 16.3. The quantitative estimate of drug-likeness (QED) is 0.663. The Morgan fingerprint density at radius 2 is 2.17 bits per heavy atom. The smallest absolute Gasteiger partial charge is 0.279 e. The molecule has 1 aromatic heterocycles. The second-order valence-electron chi connectivity index (χ2n) is 5.07. The zero-order chi connectivity index (χ0) is 17.1. The van der Waals surface area contributed by atoms with Crippen LogP contribution in [0.3, 0.4) is 0 Å². The third-order valence-electron chi connectivity index (χ3n) is 3.43. The largest absolute Gasteiger partial charge is 0.316 e. The zero-order valence-electron chi connectivity index (χ0n) is 12.8. The lowest BCUT2D eigenvalue weighted by Crippen LogP contribution is -2.18. The highest BCUT2D eigenvalue weighted by Crippen LogP contribution is 2.22. The van der Waals surface area contributed by atoms with Crippen molar-refractivity contribution in [2.24, 2.45) is 4.99 Å². The van der Waals surface area contributed by atoms with Crippen LogP contribution >= 0.6 is 34.7 Å². The van der Waals surface area contributed by atoms with Gasteiger partial charge < -0.3 is 4.57 Å². The lowest BCUT2D eigenvalue weighted by Gasteiger charge is -2.03. The molecule has 0 aliphatic carbocycles. The van der Waals surface area contributed by atoms with Crippen LogP contribution in [0.5, 0.6) is 0 Å². The van der Waals surface area contributed by atoms with E-state index in [1.54, 1.807) is 17.8 Å². The van der Waals surface area contributed by atoms with E-state index in [9.17, 15) is 9.18 Å². The molecule has 3 aromatic rings. The van der Waals surface area contributed by atoms with Gasteiger partial charge in [0, 0.05) is 22.9 Å². The molecule has 0 saturated carbocycles. The van der Waals surface area contributed by atoms with Crippen molar-refractivity contribution in [3.05, 3.63) is 63.7 Å². The van der Waals surface area contributed by atoms with Crippen LogP contribution in [0.4, 0.5) is 4.39 Å². The van der Waals surface area contributed by atoms with Crippen LogP contribution in [0.15, 0.2) is 47.5 Å². The molecule has 0 radical (unpaired) electrons. The number of amides is 1. The first-order valence-electron chi connectivity index (χ1n) is 7.21. The fourth-order valence-electron chi connectivity index (χ4n) is 2.30. The van der Waals surface area contributed by atoms with E-state index < -0.39 is 11.7 Å². The maximum absolute atomic E-state index is 13.3. The number of fused-ring (bicyclic) bond motifs is 1. The first kappa shape index (κ1) is 17.2. The first-order chi connectivity index (χ1) is 11.6. The van der Waals surface area contributed by atoms with E-state index in [1.165, 1.54) is 29.5 Å². The molecule has 0 saturated heterocycles. The summed E-state index contributed by atoms with van der Waals surface area (Å²) in [5, 5.41) is 0.642. The van der Waals surface area contributed by atoms with Crippen LogP contribution in [-0.2, 0) is 6.54 Å². The van der Waals surface area contributed by atoms with E-state index in [0.717, 1.165) is 22.5 Å². The number of carbonyl (C=O) groups is 1. The van der Waals surface area contributed by atoms with Gasteiger partial charge in [0.25, 0.3) is 5.91 Å². The highest BCUT2D eigenvalue weighted by molar-refractivity contribution is 7.98. The molecule has 7 heteroatoms. The molecule has 2 aromatic carbocycles. The Hall–Kier alpha value is -1.63. The number of aromatic nitrogens is 1. The molecule has 3 rings (SSSR count). The van der Waals surface area contributed by atoms with E-state index in [-0.39, 0.29) is 5.56 Å².